The number of ether oxygens (including phenoxy) is 1. The fraction of sp³-hybridized carbons (Fsp3) is 0.304. The predicted octanol–water partition coefficient (Wildman–Crippen LogP) is 3.64. The second-order valence-corrected chi connectivity index (χ2v) is 7.22. The van der Waals surface area contributed by atoms with Crippen molar-refractivity contribution in [2.45, 2.75) is 25.4 Å². The van der Waals surface area contributed by atoms with E-state index in [0.717, 1.165) is 49.0 Å². The molecule has 2 heterocycles. The topological polar surface area (TPSA) is 54.5 Å². The van der Waals surface area contributed by atoms with Gasteiger partial charge in [-0.2, -0.15) is 0 Å². The molecule has 1 fully saturated rings. The lowest BCUT2D eigenvalue weighted by atomic mass is 10.0. The van der Waals surface area contributed by atoms with E-state index in [0.29, 0.717) is 5.69 Å². The number of carbonyl (C=O) groups excluding carboxylic acids is 1. The van der Waals surface area contributed by atoms with Crippen LogP contribution in [0.5, 0.6) is 5.75 Å². The summed E-state index contributed by atoms with van der Waals surface area (Å²) in [5.74, 6) is 0.847. The third-order valence-corrected chi connectivity index (χ3v) is 5.40. The van der Waals surface area contributed by atoms with Gasteiger partial charge >= 0.3 is 0 Å². The maximum atomic E-state index is 12.8. The quantitative estimate of drug-likeness (QED) is 0.740. The van der Waals surface area contributed by atoms with Gasteiger partial charge in [-0.25, -0.2) is 0 Å². The number of benzene rings is 2. The first kappa shape index (κ1) is 18.4. The first-order valence-electron chi connectivity index (χ1n) is 9.73. The molecule has 0 bridgehead atoms. The third-order valence-electron chi connectivity index (χ3n) is 5.40. The molecule has 0 saturated carbocycles. The van der Waals surface area contributed by atoms with Gasteiger partial charge < -0.3 is 10.1 Å². The molecule has 0 aliphatic carbocycles. The Morgan fingerprint density at radius 2 is 1.86 bits per heavy atom. The molecule has 28 heavy (non-hydrogen) atoms. The Hall–Kier alpha value is -2.92. The second kappa shape index (κ2) is 8.40. The molecule has 5 heteroatoms. The van der Waals surface area contributed by atoms with Crippen molar-refractivity contribution >= 4 is 16.7 Å². The van der Waals surface area contributed by atoms with Crippen LogP contribution in [0.4, 0.5) is 0 Å². The molecule has 4 rings (SSSR count). The summed E-state index contributed by atoms with van der Waals surface area (Å²) in [7, 11) is 1.71. The summed E-state index contributed by atoms with van der Waals surface area (Å²) in [6.45, 7) is 2.77. The average molecular weight is 375 g/mol. The van der Waals surface area contributed by atoms with E-state index in [2.05, 4.69) is 21.3 Å². The van der Waals surface area contributed by atoms with Crippen LogP contribution in [0.2, 0.25) is 0 Å². The van der Waals surface area contributed by atoms with E-state index in [1.54, 1.807) is 13.3 Å². The number of nitrogens with zero attached hydrogens (tertiary/aromatic N) is 2. The number of hydrogen-bond donors (Lipinski definition) is 1. The molecule has 144 valence electrons. The summed E-state index contributed by atoms with van der Waals surface area (Å²) in [6, 6.07) is 18.1. The number of carbonyl (C=O) groups is 1. The summed E-state index contributed by atoms with van der Waals surface area (Å²) in [6.07, 6.45) is 3.57. The van der Waals surface area contributed by atoms with Gasteiger partial charge in [-0.1, -0.05) is 42.5 Å². The number of hydrogen-bond acceptors (Lipinski definition) is 4. The minimum absolute atomic E-state index is 0.0834. The minimum atomic E-state index is -0.0834. The van der Waals surface area contributed by atoms with Gasteiger partial charge in [0.2, 0.25) is 0 Å². The van der Waals surface area contributed by atoms with Gasteiger partial charge in [-0.05, 0) is 30.4 Å². The number of piperidine rings is 1. The third kappa shape index (κ3) is 3.99. The summed E-state index contributed by atoms with van der Waals surface area (Å²) in [5.41, 5.74) is 1.71. The summed E-state index contributed by atoms with van der Waals surface area (Å²) < 4.78 is 5.45. The van der Waals surface area contributed by atoms with Crippen LogP contribution in [0.1, 0.15) is 28.9 Å². The Morgan fingerprint density at radius 3 is 2.68 bits per heavy atom. The van der Waals surface area contributed by atoms with Crippen LogP contribution in [0.25, 0.3) is 10.8 Å². The zero-order valence-corrected chi connectivity index (χ0v) is 16.1. The average Bonchev–Trinajstić information content (AvgIpc) is 2.75. The van der Waals surface area contributed by atoms with Crippen LogP contribution in [0, 0.1) is 0 Å². The van der Waals surface area contributed by atoms with E-state index in [9.17, 15) is 4.79 Å². The molecule has 1 aliphatic rings. The van der Waals surface area contributed by atoms with E-state index >= 15 is 0 Å². The van der Waals surface area contributed by atoms with Crippen molar-refractivity contribution in [1.82, 2.24) is 15.2 Å². The van der Waals surface area contributed by atoms with Gasteiger partial charge in [0.25, 0.3) is 5.91 Å². The first-order chi connectivity index (χ1) is 13.7. The van der Waals surface area contributed by atoms with E-state index in [-0.39, 0.29) is 11.9 Å². The number of pyridine rings is 1. The highest BCUT2D eigenvalue weighted by atomic mass is 16.5. The molecular weight excluding hydrogens is 350 g/mol. The van der Waals surface area contributed by atoms with Crippen molar-refractivity contribution in [1.29, 1.82) is 0 Å². The van der Waals surface area contributed by atoms with Gasteiger partial charge in [0.1, 0.15) is 11.4 Å². The molecule has 3 aromatic rings. The minimum Gasteiger partial charge on any atom is -0.496 e. The molecule has 1 N–H and O–H groups in total. The molecule has 2 aromatic carbocycles. The highest BCUT2D eigenvalue weighted by molar-refractivity contribution is 6.05. The highest BCUT2D eigenvalue weighted by Crippen LogP contribution is 2.22. The lowest BCUT2D eigenvalue weighted by Crippen LogP contribution is -2.44. The van der Waals surface area contributed by atoms with E-state index in [1.165, 1.54) is 5.56 Å². The summed E-state index contributed by atoms with van der Waals surface area (Å²) >= 11 is 0. The lowest BCUT2D eigenvalue weighted by Gasteiger charge is -2.32. The van der Waals surface area contributed by atoms with Crippen molar-refractivity contribution in [2.24, 2.45) is 0 Å². The van der Waals surface area contributed by atoms with Gasteiger partial charge in [-0.3, -0.25) is 14.7 Å². The van der Waals surface area contributed by atoms with Gasteiger partial charge in [0, 0.05) is 42.8 Å². The van der Waals surface area contributed by atoms with E-state index < -0.39 is 0 Å². The monoisotopic (exact) mass is 375 g/mol. The maximum absolute atomic E-state index is 12.8. The number of rotatable bonds is 5. The molecular formula is C23H25N3O2. The largest absolute Gasteiger partial charge is 0.496 e. The predicted molar refractivity (Wildman–Crippen MR) is 111 cm³/mol. The van der Waals surface area contributed by atoms with Crippen LogP contribution < -0.4 is 10.1 Å². The number of amides is 1. The molecule has 0 spiro atoms. The molecule has 0 radical (unpaired) electrons. The Balaban J connectivity index is 1.36. The molecule has 5 nitrogen and oxygen atoms in total. The molecule has 1 aromatic heterocycles. The number of methoxy groups -OCH3 is 1. The molecule has 1 saturated heterocycles. The van der Waals surface area contributed by atoms with E-state index in [1.807, 2.05) is 48.5 Å². The van der Waals surface area contributed by atoms with Crippen LogP contribution in [-0.4, -0.2) is 42.0 Å². The van der Waals surface area contributed by atoms with E-state index in [4.69, 9.17) is 4.74 Å². The zero-order valence-electron chi connectivity index (χ0n) is 16.1. The van der Waals surface area contributed by atoms with Crippen molar-refractivity contribution in [3.05, 3.63) is 72.1 Å². The van der Waals surface area contributed by atoms with Crippen LogP contribution >= 0.6 is 0 Å². The number of likely N-dealkylation sites (tertiary alicyclic amines) is 1. The Morgan fingerprint density at radius 1 is 1.11 bits per heavy atom. The fourth-order valence-electron chi connectivity index (χ4n) is 3.86. The molecule has 0 unspecified atom stereocenters. The number of aromatic nitrogens is 1. The summed E-state index contributed by atoms with van der Waals surface area (Å²) in [4.78, 5) is 19.5. The van der Waals surface area contributed by atoms with Crippen LogP contribution in [0.3, 0.4) is 0 Å². The summed E-state index contributed by atoms with van der Waals surface area (Å²) in [5, 5.41) is 5.12. The first-order valence-corrected chi connectivity index (χ1v) is 9.73. The van der Waals surface area contributed by atoms with Crippen molar-refractivity contribution in [2.75, 3.05) is 20.2 Å². The van der Waals surface area contributed by atoms with Crippen molar-refractivity contribution < 1.29 is 9.53 Å². The Bertz CT molecular complexity index is 959. The molecule has 1 aliphatic heterocycles. The fourth-order valence-corrected chi connectivity index (χ4v) is 3.86. The maximum Gasteiger partial charge on any atom is 0.270 e. The Kier molecular flexibility index (Phi) is 5.53. The second-order valence-electron chi connectivity index (χ2n) is 7.22. The zero-order chi connectivity index (χ0) is 19.3. The smallest absolute Gasteiger partial charge is 0.270 e. The standard InChI is InChI=1S/C23H25N3O2/c1-28-21-9-5-3-7-18(21)16-26-14-11-19(12-15-26)25-23(27)22-20-8-4-2-6-17(20)10-13-24-22/h2-10,13,19H,11-12,14-16H2,1H3,(H,25,27). The van der Waals surface area contributed by atoms with Crippen molar-refractivity contribution in [3.63, 3.8) is 0 Å². The lowest BCUT2D eigenvalue weighted by molar-refractivity contribution is 0.0905. The number of fused-ring (bicyclic) bond motifs is 1. The SMILES string of the molecule is COc1ccccc1CN1CCC(NC(=O)c2nccc3ccccc23)CC1. The number of nitrogens with one attached hydrogen (secondary N) is 1. The van der Waals surface area contributed by atoms with Crippen LogP contribution in [-0.2, 0) is 6.54 Å². The van der Waals surface area contributed by atoms with Gasteiger partial charge in [0.05, 0.1) is 7.11 Å². The molecule has 0 atom stereocenters. The molecule has 1 amide bonds. The highest BCUT2D eigenvalue weighted by Gasteiger charge is 2.23. The normalized spacial score (nSPS) is 15.5. The van der Waals surface area contributed by atoms with Crippen LogP contribution in [0.15, 0.2) is 60.8 Å². The number of para-hydroxylation sites is 1. The van der Waals surface area contributed by atoms with Gasteiger partial charge in [0.15, 0.2) is 0 Å². The Labute approximate surface area is 165 Å². The van der Waals surface area contributed by atoms with Crippen molar-refractivity contribution in [3.8, 4) is 5.75 Å². The van der Waals surface area contributed by atoms with Gasteiger partial charge in [-0.15, -0.1) is 0 Å².